The van der Waals surface area contributed by atoms with Crippen molar-refractivity contribution in [2.45, 2.75) is 18.9 Å². The number of nitrogens with zero attached hydrogens (tertiary/aromatic N) is 3. The molecule has 1 fully saturated rings. The third-order valence-electron chi connectivity index (χ3n) is 4.10. The number of hydrogen-bond donors (Lipinski definition) is 1. The molecule has 0 aliphatic carbocycles. The van der Waals surface area contributed by atoms with Crippen LogP contribution in [0.2, 0.25) is 0 Å². The van der Waals surface area contributed by atoms with E-state index in [1.54, 1.807) is 24.3 Å². The summed E-state index contributed by atoms with van der Waals surface area (Å²) in [5.74, 6) is -0.313. The fourth-order valence-corrected chi connectivity index (χ4v) is 3.97. The highest BCUT2D eigenvalue weighted by atomic mass is 32.2. The van der Waals surface area contributed by atoms with Crippen molar-refractivity contribution in [3.8, 4) is 0 Å². The molecular formula is C18H20N4O3S. The van der Waals surface area contributed by atoms with Gasteiger partial charge in [-0.1, -0.05) is 18.2 Å². The maximum atomic E-state index is 12.4. The predicted molar refractivity (Wildman–Crippen MR) is 100 cm³/mol. The van der Waals surface area contributed by atoms with Crippen LogP contribution in [0.5, 0.6) is 0 Å². The number of benzene rings is 2. The second kappa shape index (κ2) is 7.76. The molecule has 1 N–H and O–H groups in total. The van der Waals surface area contributed by atoms with Crippen molar-refractivity contribution in [3.05, 3.63) is 54.6 Å². The topological polar surface area (TPSA) is 91.2 Å². The van der Waals surface area contributed by atoms with Crippen LogP contribution >= 0.6 is 0 Å². The van der Waals surface area contributed by atoms with E-state index in [0.29, 0.717) is 30.8 Å². The molecular weight excluding hydrogens is 352 g/mol. The number of nitrogens with one attached hydrogen (secondary N) is 1. The number of azo groups is 1. The van der Waals surface area contributed by atoms with Crippen molar-refractivity contribution >= 4 is 33.0 Å². The number of anilines is 1. The van der Waals surface area contributed by atoms with Crippen molar-refractivity contribution in [3.63, 3.8) is 0 Å². The Hall–Kier alpha value is -2.58. The van der Waals surface area contributed by atoms with Crippen LogP contribution in [0.3, 0.4) is 0 Å². The summed E-state index contributed by atoms with van der Waals surface area (Å²) in [6.07, 6.45) is 2.34. The van der Waals surface area contributed by atoms with Crippen LogP contribution in [-0.2, 0) is 14.8 Å². The summed E-state index contributed by atoms with van der Waals surface area (Å²) in [7, 11) is -3.38. The Bertz CT molecular complexity index is 896. The van der Waals surface area contributed by atoms with E-state index < -0.39 is 16.1 Å². The number of carbonyl (C=O) groups is 1. The Morgan fingerprint density at radius 3 is 2.27 bits per heavy atom. The molecule has 0 saturated carbocycles. The van der Waals surface area contributed by atoms with Gasteiger partial charge in [-0.25, -0.2) is 8.42 Å². The molecule has 0 radical (unpaired) electrons. The molecule has 136 valence electrons. The monoisotopic (exact) mass is 372 g/mol. The van der Waals surface area contributed by atoms with Crippen LogP contribution in [0.15, 0.2) is 64.8 Å². The van der Waals surface area contributed by atoms with Gasteiger partial charge >= 0.3 is 0 Å². The highest BCUT2D eigenvalue weighted by Crippen LogP contribution is 2.23. The van der Waals surface area contributed by atoms with E-state index in [9.17, 15) is 13.2 Å². The molecule has 1 heterocycles. The van der Waals surface area contributed by atoms with Crippen molar-refractivity contribution < 1.29 is 13.2 Å². The van der Waals surface area contributed by atoms with Gasteiger partial charge in [0.1, 0.15) is 6.04 Å². The van der Waals surface area contributed by atoms with Gasteiger partial charge in [0.25, 0.3) is 0 Å². The Balaban J connectivity index is 1.64. The predicted octanol–water partition coefficient (Wildman–Crippen LogP) is 3.46. The first-order valence-corrected chi connectivity index (χ1v) is 10.1. The number of rotatable bonds is 5. The molecule has 7 nitrogen and oxygen atoms in total. The Morgan fingerprint density at radius 2 is 1.65 bits per heavy atom. The summed E-state index contributed by atoms with van der Waals surface area (Å²) in [6.45, 7) is 0.385. The standard InChI is InChI=1S/C18H20N4O3S/c1-26(24,25)22-13-5-8-17(22)18(23)19-14-9-11-16(12-10-14)21-20-15-6-3-2-4-7-15/h2-4,6-7,9-12,17H,5,8,13H2,1H3,(H,19,23). The maximum Gasteiger partial charge on any atom is 0.242 e. The van der Waals surface area contributed by atoms with Crippen molar-refractivity contribution in [2.75, 3.05) is 18.1 Å². The molecule has 1 unspecified atom stereocenters. The highest BCUT2D eigenvalue weighted by Gasteiger charge is 2.36. The van der Waals surface area contributed by atoms with Crippen LogP contribution in [-0.4, -0.2) is 37.5 Å². The minimum absolute atomic E-state index is 0.313. The first-order valence-electron chi connectivity index (χ1n) is 8.28. The third-order valence-corrected chi connectivity index (χ3v) is 5.39. The zero-order chi connectivity index (χ0) is 18.6. The molecule has 1 aliphatic rings. The average molecular weight is 372 g/mol. The summed E-state index contributed by atoms with van der Waals surface area (Å²) < 4.78 is 24.8. The zero-order valence-corrected chi connectivity index (χ0v) is 15.2. The molecule has 1 amide bonds. The fraction of sp³-hybridized carbons (Fsp3) is 0.278. The van der Waals surface area contributed by atoms with E-state index in [1.807, 2.05) is 30.3 Å². The van der Waals surface area contributed by atoms with Crippen LogP contribution in [0, 0.1) is 0 Å². The van der Waals surface area contributed by atoms with Crippen LogP contribution in [0.25, 0.3) is 0 Å². The summed E-state index contributed by atoms with van der Waals surface area (Å²) in [5.41, 5.74) is 2.01. The Morgan fingerprint density at radius 1 is 1.04 bits per heavy atom. The van der Waals surface area contributed by atoms with Crippen molar-refractivity contribution in [1.29, 1.82) is 0 Å². The van der Waals surface area contributed by atoms with Gasteiger partial charge in [0.05, 0.1) is 17.6 Å². The van der Waals surface area contributed by atoms with Gasteiger partial charge in [0, 0.05) is 12.2 Å². The largest absolute Gasteiger partial charge is 0.325 e. The molecule has 2 aromatic carbocycles. The smallest absolute Gasteiger partial charge is 0.242 e. The first kappa shape index (κ1) is 18.2. The van der Waals surface area contributed by atoms with Gasteiger partial charge in [-0.2, -0.15) is 14.5 Å². The molecule has 2 aromatic rings. The normalized spacial score (nSPS) is 18.3. The van der Waals surface area contributed by atoms with E-state index in [0.717, 1.165) is 11.9 Å². The second-order valence-corrected chi connectivity index (χ2v) is 8.04. The molecule has 0 aromatic heterocycles. The van der Waals surface area contributed by atoms with Crippen molar-refractivity contribution in [1.82, 2.24) is 4.31 Å². The van der Waals surface area contributed by atoms with Gasteiger partial charge in [-0.15, -0.1) is 0 Å². The van der Waals surface area contributed by atoms with Gasteiger partial charge in [0.2, 0.25) is 15.9 Å². The van der Waals surface area contributed by atoms with Crippen LogP contribution < -0.4 is 5.32 Å². The van der Waals surface area contributed by atoms with E-state index in [1.165, 1.54) is 4.31 Å². The lowest BCUT2D eigenvalue weighted by atomic mass is 10.2. The molecule has 26 heavy (non-hydrogen) atoms. The van der Waals surface area contributed by atoms with Crippen LogP contribution in [0.1, 0.15) is 12.8 Å². The quantitative estimate of drug-likeness (QED) is 0.815. The molecule has 1 aliphatic heterocycles. The van der Waals surface area contributed by atoms with Gasteiger partial charge in [0.15, 0.2) is 0 Å². The number of sulfonamides is 1. The average Bonchev–Trinajstić information content (AvgIpc) is 3.12. The molecule has 8 heteroatoms. The third kappa shape index (κ3) is 4.53. The summed E-state index contributed by atoms with van der Waals surface area (Å²) >= 11 is 0. The van der Waals surface area contributed by atoms with E-state index in [2.05, 4.69) is 15.5 Å². The second-order valence-electron chi connectivity index (χ2n) is 6.10. The van der Waals surface area contributed by atoms with E-state index >= 15 is 0 Å². The Kier molecular flexibility index (Phi) is 5.43. The molecule has 1 atom stereocenters. The molecule has 1 saturated heterocycles. The van der Waals surface area contributed by atoms with E-state index in [4.69, 9.17) is 0 Å². The molecule has 0 bridgehead atoms. The lowest BCUT2D eigenvalue weighted by Crippen LogP contribution is -2.42. The Labute approximate surface area is 152 Å². The fourth-order valence-electron chi connectivity index (χ4n) is 2.85. The summed E-state index contributed by atoms with van der Waals surface area (Å²) in [5, 5.41) is 11.0. The SMILES string of the molecule is CS(=O)(=O)N1CCCC1C(=O)Nc1ccc(N=Nc2ccccc2)cc1. The lowest BCUT2D eigenvalue weighted by Gasteiger charge is -2.21. The van der Waals surface area contributed by atoms with Gasteiger partial charge in [-0.3, -0.25) is 4.79 Å². The zero-order valence-electron chi connectivity index (χ0n) is 14.4. The summed E-state index contributed by atoms with van der Waals surface area (Å²) in [4.78, 5) is 12.4. The maximum absolute atomic E-state index is 12.4. The van der Waals surface area contributed by atoms with E-state index in [-0.39, 0.29) is 5.91 Å². The summed E-state index contributed by atoms with van der Waals surface area (Å²) in [6, 6.07) is 15.7. The number of hydrogen-bond acceptors (Lipinski definition) is 5. The molecule has 0 spiro atoms. The van der Waals surface area contributed by atoms with Gasteiger partial charge in [-0.05, 0) is 49.2 Å². The lowest BCUT2D eigenvalue weighted by molar-refractivity contribution is -0.119. The highest BCUT2D eigenvalue weighted by molar-refractivity contribution is 7.88. The first-order chi connectivity index (χ1) is 12.4. The van der Waals surface area contributed by atoms with Gasteiger partial charge < -0.3 is 5.32 Å². The minimum Gasteiger partial charge on any atom is -0.325 e. The number of carbonyl (C=O) groups excluding carboxylic acids is 1. The van der Waals surface area contributed by atoms with Crippen molar-refractivity contribution in [2.24, 2.45) is 10.2 Å². The van der Waals surface area contributed by atoms with Crippen LogP contribution in [0.4, 0.5) is 17.1 Å². The molecule has 3 rings (SSSR count). The minimum atomic E-state index is -3.38. The number of amides is 1.